The Labute approximate surface area is 175 Å². The summed E-state index contributed by atoms with van der Waals surface area (Å²) in [4.78, 5) is 0. The molecule has 0 unspecified atom stereocenters. The average Bonchev–Trinajstić information content (AvgIpc) is 2.90. The monoisotopic (exact) mass is 404 g/mol. The Morgan fingerprint density at radius 1 is 0.793 bits per heavy atom. The summed E-state index contributed by atoms with van der Waals surface area (Å²) in [7, 11) is 3.22. The summed E-state index contributed by atoms with van der Waals surface area (Å²) in [5.41, 5.74) is 5.13. The number of aryl methyl sites for hydroxylation is 1. The highest BCUT2D eigenvalue weighted by molar-refractivity contribution is 6.35. The SMILES string of the molecule is COc1ccc(C2=C(Cl)C=C(c3ccccc3C)c3ccccc3O2)cc1OC. The Bertz CT molecular complexity index is 1130. The van der Waals surface area contributed by atoms with Crippen molar-refractivity contribution in [3.63, 3.8) is 0 Å². The second kappa shape index (κ2) is 8.06. The lowest BCUT2D eigenvalue weighted by Gasteiger charge is -2.15. The van der Waals surface area contributed by atoms with E-state index in [2.05, 4.69) is 25.1 Å². The molecule has 0 atom stereocenters. The third-order valence-electron chi connectivity index (χ3n) is 4.96. The molecule has 29 heavy (non-hydrogen) atoms. The first-order valence-corrected chi connectivity index (χ1v) is 9.67. The molecule has 0 aromatic heterocycles. The van der Waals surface area contributed by atoms with Gasteiger partial charge in [0, 0.05) is 11.1 Å². The van der Waals surface area contributed by atoms with E-state index in [1.54, 1.807) is 14.2 Å². The summed E-state index contributed by atoms with van der Waals surface area (Å²) in [5, 5.41) is 0.520. The minimum absolute atomic E-state index is 0.520. The predicted molar refractivity (Wildman–Crippen MR) is 118 cm³/mol. The number of fused-ring (bicyclic) bond motifs is 1. The van der Waals surface area contributed by atoms with Crippen LogP contribution in [0.4, 0.5) is 0 Å². The fourth-order valence-corrected chi connectivity index (χ4v) is 3.74. The van der Waals surface area contributed by atoms with E-state index >= 15 is 0 Å². The molecule has 1 aliphatic heterocycles. The molecule has 0 aliphatic carbocycles. The highest BCUT2D eigenvalue weighted by Gasteiger charge is 2.21. The Morgan fingerprint density at radius 3 is 2.21 bits per heavy atom. The first-order chi connectivity index (χ1) is 14.1. The van der Waals surface area contributed by atoms with Gasteiger partial charge in [-0.05, 0) is 54.0 Å². The number of hydrogen-bond donors (Lipinski definition) is 0. The van der Waals surface area contributed by atoms with Gasteiger partial charge < -0.3 is 14.2 Å². The maximum atomic E-state index is 6.78. The van der Waals surface area contributed by atoms with Crippen molar-refractivity contribution in [1.29, 1.82) is 0 Å². The van der Waals surface area contributed by atoms with Crippen LogP contribution < -0.4 is 14.2 Å². The van der Waals surface area contributed by atoms with E-state index in [0.29, 0.717) is 22.3 Å². The van der Waals surface area contributed by atoms with Crippen LogP contribution in [0.25, 0.3) is 11.3 Å². The zero-order valence-corrected chi connectivity index (χ0v) is 17.3. The lowest BCUT2D eigenvalue weighted by atomic mass is 9.93. The van der Waals surface area contributed by atoms with E-state index in [0.717, 1.165) is 28.0 Å². The predicted octanol–water partition coefficient (Wildman–Crippen LogP) is 6.44. The summed E-state index contributed by atoms with van der Waals surface area (Å²) in [6.45, 7) is 2.09. The lowest BCUT2D eigenvalue weighted by molar-refractivity contribution is 0.354. The quantitative estimate of drug-likeness (QED) is 0.500. The fourth-order valence-electron chi connectivity index (χ4n) is 3.48. The van der Waals surface area contributed by atoms with Crippen molar-refractivity contribution in [1.82, 2.24) is 0 Å². The van der Waals surface area contributed by atoms with Gasteiger partial charge in [-0.2, -0.15) is 0 Å². The molecule has 0 radical (unpaired) electrons. The zero-order chi connectivity index (χ0) is 20.4. The molecular formula is C25H21ClO3. The number of allylic oxidation sites excluding steroid dienone is 2. The first-order valence-electron chi connectivity index (χ1n) is 9.29. The maximum Gasteiger partial charge on any atom is 0.161 e. The van der Waals surface area contributed by atoms with Crippen LogP contribution in [-0.2, 0) is 0 Å². The highest BCUT2D eigenvalue weighted by Crippen LogP contribution is 2.41. The minimum Gasteiger partial charge on any atom is -0.493 e. The molecular weight excluding hydrogens is 384 g/mol. The topological polar surface area (TPSA) is 27.7 Å². The Kier molecular flexibility index (Phi) is 5.32. The van der Waals surface area contributed by atoms with Crippen LogP contribution in [0.3, 0.4) is 0 Å². The summed E-state index contributed by atoms with van der Waals surface area (Å²) in [6, 6.07) is 21.9. The number of methoxy groups -OCH3 is 2. The molecule has 3 nitrogen and oxygen atoms in total. The smallest absolute Gasteiger partial charge is 0.161 e. The van der Waals surface area contributed by atoms with Crippen LogP contribution in [0, 0.1) is 6.92 Å². The van der Waals surface area contributed by atoms with Gasteiger partial charge in [0.1, 0.15) is 5.75 Å². The minimum atomic E-state index is 0.520. The molecule has 3 aromatic rings. The van der Waals surface area contributed by atoms with E-state index < -0.39 is 0 Å². The van der Waals surface area contributed by atoms with Crippen molar-refractivity contribution in [2.24, 2.45) is 0 Å². The van der Waals surface area contributed by atoms with Crippen LogP contribution in [0.5, 0.6) is 17.2 Å². The highest BCUT2D eigenvalue weighted by atomic mass is 35.5. The maximum absolute atomic E-state index is 6.78. The van der Waals surface area contributed by atoms with Crippen LogP contribution in [-0.4, -0.2) is 14.2 Å². The van der Waals surface area contributed by atoms with Crippen molar-refractivity contribution >= 4 is 22.9 Å². The van der Waals surface area contributed by atoms with Gasteiger partial charge in [-0.3, -0.25) is 0 Å². The van der Waals surface area contributed by atoms with Gasteiger partial charge in [-0.25, -0.2) is 0 Å². The van der Waals surface area contributed by atoms with Gasteiger partial charge in [0.15, 0.2) is 17.3 Å². The molecule has 3 aromatic carbocycles. The van der Waals surface area contributed by atoms with Gasteiger partial charge in [0.2, 0.25) is 0 Å². The van der Waals surface area contributed by atoms with E-state index in [4.69, 9.17) is 25.8 Å². The van der Waals surface area contributed by atoms with E-state index in [1.165, 1.54) is 5.56 Å². The molecule has 0 saturated carbocycles. The number of rotatable bonds is 4. The molecule has 0 amide bonds. The molecule has 0 spiro atoms. The molecule has 1 aliphatic rings. The number of hydrogen-bond acceptors (Lipinski definition) is 3. The molecule has 0 fully saturated rings. The van der Waals surface area contributed by atoms with Gasteiger partial charge in [-0.1, -0.05) is 54.1 Å². The van der Waals surface area contributed by atoms with Crippen molar-refractivity contribution in [2.45, 2.75) is 6.92 Å². The number of ether oxygens (including phenoxy) is 3. The van der Waals surface area contributed by atoms with E-state index in [-0.39, 0.29) is 0 Å². The second-order valence-corrected chi connectivity index (χ2v) is 7.13. The van der Waals surface area contributed by atoms with Crippen molar-refractivity contribution < 1.29 is 14.2 Å². The van der Waals surface area contributed by atoms with E-state index in [9.17, 15) is 0 Å². The van der Waals surface area contributed by atoms with Gasteiger partial charge in [-0.15, -0.1) is 0 Å². The Morgan fingerprint density at radius 2 is 1.48 bits per heavy atom. The standard InChI is InChI=1S/C25H21ClO3/c1-16-8-4-5-9-18(16)20-15-21(26)25(29-22-11-7-6-10-19(20)22)17-12-13-23(27-2)24(14-17)28-3/h4-15H,1-3H3. The summed E-state index contributed by atoms with van der Waals surface area (Å²) < 4.78 is 17.1. The van der Waals surface area contributed by atoms with Crippen molar-refractivity contribution in [2.75, 3.05) is 14.2 Å². The third kappa shape index (κ3) is 3.62. The molecule has 146 valence electrons. The van der Waals surface area contributed by atoms with Crippen LogP contribution >= 0.6 is 11.6 Å². The summed E-state index contributed by atoms with van der Waals surface area (Å²) in [6.07, 6.45) is 1.97. The molecule has 4 rings (SSSR count). The summed E-state index contributed by atoms with van der Waals surface area (Å²) >= 11 is 6.78. The zero-order valence-electron chi connectivity index (χ0n) is 16.5. The van der Waals surface area contributed by atoms with Crippen molar-refractivity contribution in [3.8, 4) is 17.2 Å². The lowest BCUT2D eigenvalue weighted by Crippen LogP contribution is -1.99. The Balaban J connectivity index is 1.92. The number of para-hydroxylation sites is 1. The molecule has 0 saturated heterocycles. The number of benzene rings is 3. The molecule has 0 bridgehead atoms. The van der Waals surface area contributed by atoms with Crippen LogP contribution in [0.2, 0.25) is 0 Å². The summed E-state index contributed by atoms with van der Waals surface area (Å²) in [5.74, 6) is 2.59. The second-order valence-electron chi connectivity index (χ2n) is 6.72. The van der Waals surface area contributed by atoms with Crippen LogP contribution in [0.1, 0.15) is 22.3 Å². The van der Waals surface area contributed by atoms with Gasteiger partial charge in [0.05, 0.1) is 19.3 Å². The largest absolute Gasteiger partial charge is 0.493 e. The molecule has 4 heteroatoms. The Hall–Kier alpha value is -3.17. The van der Waals surface area contributed by atoms with Crippen LogP contribution in [0.15, 0.2) is 77.8 Å². The normalized spacial score (nSPS) is 13.2. The molecule has 1 heterocycles. The van der Waals surface area contributed by atoms with Gasteiger partial charge in [0.25, 0.3) is 0 Å². The number of halogens is 1. The molecule has 0 N–H and O–H groups in total. The van der Waals surface area contributed by atoms with Gasteiger partial charge >= 0.3 is 0 Å². The van der Waals surface area contributed by atoms with Crippen molar-refractivity contribution in [3.05, 3.63) is 100 Å². The first kappa shape index (κ1) is 19.2. The van der Waals surface area contributed by atoms with E-state index in [1.807, 2.05) is 54.6 Å². The fraction of sp³-hybridized carbons (Fsp3) is 0.120. The average molecular weight is 405 g/mol. The third-order valence-corrected chi connectivity index (χ3v) is 5.24.